The molecule has 0 saturated heterocycles. The molecular formula is C30H34N3O6P3. The van der Waals surface area contributed by atoms with Gasteiger partial charge in [0.05, 0.1) is 12.2 Å². The number of para-hydroxylation sites is 4. The van der Waals surface area contributed by atoms with Gasteiger partial charge in [-0.25, -0.2) is 0 Å². The standard InChI is InChI=1S/C30H34N3O6P3/c1-25(2)34-40(35-26(3)4)31-41(36-27-17-9-5-10-18-27,37-28-19-11-6-12-20-28)33-42(32-40,38-29-21-13-7-14-22-29)39-30-23-15-8-16-24-30/h5-26H,1-4H3. The summed E-state index contributed by atoms with van der Waals surface area (Å²) in [4.78, 5) is 0. The number of hydrogen-bond donors (Lipinski definition) is 0. The number of hydrogen-bond acceptors (Lipinski definition) is 9. The van der Waals surface area contributed by atoms with Gasteiger partial charge in [-0.3, -0.25) is 0 Å². The van der Waals surface area contributed by atoms with Crippen LogP contribution in [-0.4, -0.2) is 12.2 Å². The molecule has 0 fully saturated rings. The first kappa shape index (κ1) is 30.2. The summed E-state index contributed by atoms with van der Waals surface area (Å²) >= 11 is 0. The van der Waals surface area contributed by atoms with Crippen LogP contribution in [-0.2, 0) is 9.05 Å². The van der Waals surface area contributed by atoms with Crippen molar-refractivity contribution in [2.75, 3.05) is 0 Å². The topological polar surface area (TPSA) is 92.5 Å². The van der Waals surface area contributed by atoms with Crippen molar-refractivity contribution >= 4 is 23.0 Å². The molecule has 0 unspecified atom stereocenters. The molecule has 0 amide bonds. The minimum atomic E-state index is -3.71. The minimum absolute atomic E-state index is 0.312. The molecule has 1 heterocycles. The lowest BCUT2D eigenvalue weighted by molar-refractivity contribution is 0.169. The van der Waals surface area contributed by atoms with Gasteiger partial charge in [0, 0.05) is 0 Å². The fourth-order valence-corrected chi connectivity index (χ4v) is 13.3. The summed E-state index contributed by atoms with van der Waals surface area (Å²) < 4.78 is 54.7. The highest BCUT2D eigenvalue weighted by Gasteiger charge is 2.47. The Morgan fingerprint density at radius 2 is 0.619 bits per heavy atom. The van der Waals surface area contributed by atoms with Crippen LogP contribution in [0.4, 0.5) is 0 Å². The quantitative estimate of drug-likeness (QED) is 0.145. The first-order valence-corrected chi connectivity index (χ1v) is 18.1. The molecule has 0 N–H and O–H groups in total. The molecule has 0 saturated carbocycles. The molecule has 220 valence electrons. The number of rotatable bonds is 12. The van der Waals surface area contributed by atoms with Crippen molar-refractivity contribution in [3.63, 3.8) is 0 Å². The highest BCUT2D eigenvalue weighted by atomic mass is 31.3. The van der Waals surface area contributed by atoms with E-state index in [1.165, 1.54) is 0 Å². The maximum Gasteiger partial charge on any atom is 0.459 e. The lowest BCUT2D eigenvalue weighted by Gasteiger charge is -2.34. The summed E-state index contributed by atoms with van der Waals surface area (Å²) in [6, 6.07) is 37.0. The van der Waals surface area contributed by atoms with Gasteiger partial charge >= 0.3 is 23.0 Å². The second-order valence-electron chi connectivity index (χ2n) is 9.67. The smallest absolute Gasteiger partial charge is 0.413 e. The zero-order chi connectivity index (χ0) is 29.5. The molecule has 0 radical (unpaired) electrons. The van der Waals surface area contributed by atoms with Crippen molar-refractivity contribution in [1.82, 2.24) is 0 Å². The third-order valence-corrected chi connectivity index (χ3v) is 13.9. The molecule has 0 aromatic heterocycles. The van der Waals surface area contributed by atoms with Crippen LogP contribution >= 0.6 is 23.0 Å². The van der Waals surface area contributed by atoms with Gasteiger partial charge in [0.25, 0.3) is 0 Å². The Morgan fingerprint density at radius 3 is 0.881 bits per heavy atom. The van der Waals surface area contributed by atoms with Gasteiger partial charge in [0.15, 0.2) is 0 Å². The Labute approximate surface area is 247 Å². The molecule has 0 spiro atoms. The van der Waals surface area contributed by atoms with E-state index >= 15 is 0 Å². The van der Waals surface area contributed by atoms with E-state index in [1.54, 1.807) is 0 Å². The molecular weight excluding hydrogens is 591 g/mol. The highest BCUT2D eigenvalue weighted by molar-refractivity contribution is 7.78. The van der Waals surface area contributed by atoms with Crippen molar-refractivity contribution in [3.05, 3.63) is 121 Å². The molecule has 1 aliphatic rings. The van der Waals surface area contributed by atoms with Gasteiger partial charge in [0.1, 0.15) is 23.0 Å². The molecule has 0 bridgehead atoms. The summed E-state index contributed by atoms with van der Waals surface area (Å²) in [6.45, 7) is 7.59. The Hall–Kier alpha value is -3.31. The highest BCUT2D eigenvalue weighted by Crippen LogP contribution is 2.79. The van der Waals surface area contributed by atoms with Crippen molar-refractivity contribution in [3.8, 4) is 23.0 Å². The van der Waals surface area contributed by atoms with E-state index in [0.717, 1.165) is 0 Å². The minimum Gasteiger partial charge on any atom is -0.413 e. The molecule has 42 heavy (non-hydrogen) atoms. The third-order valence-electron chi connectivity index (χ3n) is 5.24. The van der Waals surface area contributed by atoms with Gasteiger partial charge in [-0.15, -0.1) is 9.03 Å². The van der Waals surface area contributed by atoms with Crippen molar-refractivity contribution in [2.24, 2.45) is 13.5 Å². The van der Waals surface area contributed by atoms with Gasteiger partial charge in [-0.2, -0.15) is 0 Å². The van der Waals surface area contributed by atoms with Crippen molar-refractivity contribution in [2.45, 2.75) is 39.9 Å². The molecule has 9 nitrogen and oxygen atoms in total. The van der Waals surface area contributed by atoms with Crippen LogP contribution in [0, 0.1) is 0 Å². The van der Waals surface area contributed by atoms with E-state index in [9.17, 15) is 0 Å². The molecule has 12 heteroatoms. The van der Waals surface area contributed by atoms with E-state index < -0.39 is 23.0 Å². The Morgan fingerprint density at radius 1 is 0.381 bits per heavy atom. The second kappa shape index (κ2) is 13.3. The maximum absolute atomic E-state index is 6.63. The predicted octanol–water partition coefficient (Wildman–Crippen LogP) is 11.0. The van der Waals surface area contributed by atoms with E-state index in [1.807, 2.05) is 149 Å². The Kier molecular flexibility index (Phi) is 9.57. The molecule has 0 atom stereocenters. The fourth-order valence-electron chi connectivity index (χ4n) is 3.80. The summed E-state index contributed by atoms with van der Waals surface area (Å²) in [6.07, 6.45) is -0.623. The molecule has 4 aromatic rings. The molecule has 1 aliphatic heterocycles. The summed E-state index contributed by atoms with van der Waals surface area (Å²) in [5, 5.41) is 0. The molecule has 0 aliphatic carbocycles. The lowest BCUT2D eigenvalue weighted by Crippen LogP contribution is -2.12. The second-order valence-corrected chi connectivity index (χ2v) is 15.9. The van der Waals surface area contributed by atoms with Crippen molar-refractivity contribution in [1.29, 1.82) is 0 Å². The van der Waals surface area contributed by atoms with E-state index in [2.05, 4.69) is 0 Å². The first-order chi connectivity index (χ1) is 20.3. The van der Waals surface area contributed by atoms with Crippen LogP contribution in [0.15, 0.2) is 135 Å². The first-order valence-electron chi connectivity index (χ1n) is 13.5. The van der Waals surface area contributed by atoms with E-state index in [0.29, 0.717) is 23.0 Å². The SMILES string of the molecule is CC(C)OP1(OC(C)C)=NP(Oc2ccccc2)(Oc2ccccc2)=NP(Oc2ccccc2)(Oc2ccccc2)=N1. The summed E-state index contributed by atoms with van der Waals surface area (Å²) in [7, 11) is -11.0. The Bertz CT molecular complexity index is 1430. The van der Waals surface area contributed by atoms with Gasteiger partial charge in [-0.05, 0) is 76.2 Å². The molecule has 4 aromatic carbocycles. The van der Waals surface area contributed by atoms with Crippen LogP contribution in [0.5, 0.6) is 23.0 Å². The van der Waals surface area contributed by atoms with Crippen LogP contribution < -0.4 is 18.1 Å². The average molecular weight is 626 g/mol. The fraction of sp³-hybridized carbons (Fsp3) is 0.200. The average Bonchev–Trinajstić information content (AvgIpc) is 2.94. The van der Waals surface area contributed by atoms with Gasteiger partial charge < -0.3 is 27.1 Å². The van der Waals surface area contributed by atoms with Crippen LogP contribution in [0.25, 0.3) is 0 Å². The maximum atomic E-state index is 6.63. The summed E-state index contributed by atoms with van der Waals surface area (Å²) in [5.74, 6) is 2.00. The van der Waals surface area contributed by atoms with Crippen LogP contribution in [0.1, 0.15) is 27.7 Å². The van der Waals surface area contributed by atoms with E-state index in [-0.39, 0.29) is 12.2 Å². The summed E-state index contributed by atoms with van der Waals surface area (Å²) in [5.41, 5.74) is 0. The van der Waals surface area contributed by atoms with Crippen molar-refractivity contribution < 1.29 is 27.1 Å². The van der Waals surface area contributed by atoms with E-state index in [4.69, 9.17) is 40.7 Å². The number of nitrogens with zero attached hydrogens (tertiary/aromatic N) is 3. The monoisotopic (exact) mass is 625 g/mol. The zero-order valence-electron chi connectivity index (χ0n) is 23.8. The van der Waals surface area contributed by atoms with Crippen LogP contribution in [0.3, 0.4) is 0 Å². The van der Waals surface area contributed by atoms with Crippen LogP contribution in [0.2, 0.25) is 0 Å². The van der Waals surface area contributed by atoms with Gasteiger partial charge in [-0.1, -0.05) is 77.3 Å². The number of benzene rings is 4. The zero-order valence-corrected chi connectivity index (χ0v) is 26.5. The largest absolute Gasteiger partial charge is 0.459 e. The normalized spacial score (nSPS) is 16.4. The molecule has 5 rings (SSSR count). The van der Waals surface area contributed by atoms with Gasteiger partial charge in [0.2, 0.25) is 0 Å². The predicted molar refractivity (Wildman–Crippen MR) is 169 cm³/mol. The lowest BCUT2D eigenvalue weighted by atomic mass is 10.3. The Balaban J connectivity index is 1.84. The third kappa shape index (κ3) is 7.95.